The summed E-state index contributed by atoms with van der Waals surface area (Å²) in [6, 6.07) is 5.59. The number of rotatable bonds is 3. The minimum Gasteiger partial charge on any atom is -0.289 e. The Morgan fingerprint density at radius 3 is 2.05 bits per heavy atom. The molecule has 1 aliphatic heterocycles. The minimum atomic E-state index is -0.504. The summed E-state index contributed by atoms with van der Waals surface area (Å²) in [6.07, 6.45) is 4.99. The molecule has 21 heavy (non-hydrogen) atoms. The number of hydrogen-bond acceptors (Lipinski definition) is 5. The lowest BCUT2D eigenvalue weighted by molar-refractivity contribution is -0.384. The molecule has 108 valence electrons. The molecule has 2 aliphatic rings. The number of carbonyl (C=O) groups is 2. The third-order valence-electron chi connectivity index (χ3n) is 3.83. The summed E-state index contributed by atoms with van der Waals surface area (Å²) in [4.78, 5) is 34.5. The third kappa shape index (κ3) is 2.26. The van der Waals surface area contributed by atoms with Crippen LogP contribution in [-0.4, -0.2) is 21.7 Å². The van der Waals surface area contributed by atoms with Gasteiger partial charge in [0.15, 0.2) is 0 Å². The average Bonchev–Trinajstić information content (AvgIpc) is 2.73. The molecule has 0 spiro atoms. The first-order valence-electron chi connectivity index (χ1n) is 6.62. The fourth-order valence-electron chi connectivity index (χ4n) is 2.70. The number of hydrazine groups is 1. The second-order valence-corrected chi connectivity index (χ2v) is 5.08. The van der Waals surface area contributed by atoms with E-state index in [1.165, 1.54) is 24.3 Å². The molecule has 1 N–H and O–H groups in total. The number of carbonyl (C=O) groups excluding carboxylic acids is 2. The molecule has 1 fully saturated rings. The molecule has 0 radical (unpaired) electrons. The summed E-state index contributed by atoms with van der Waals surface area (Å²) < 4.78 is 0. The summed E-state index contributed by atoms with van der Waals surface area (Å²) in [6.45, 7) is 0. The Morgan fingerprint density at radius 1 is 1.05 bits per heavy atom. The summed E-state index contributed by atoms with van der Waals surface area (Å²) >= 11 is 0. The second-order valence-electron chi connectivity index (χ2n) is 5.08. The molecule has 2 atom stereocenters. The first kappa shape index (κ1) is 13.3. The number of amides is 2. The van der Waals surface area contributed by atoms with Gasteiger partial charge in [0.2, 0.25) is 0 Å². The molecule has 2 unspecified atom stereocenters. The highest BCUT2D eigenvalue weighted by atomic mass is 16.6. The lowest BCUT2D eigenvalue weighted by Gasteiger charge is -2.16. The number of imide groups is 1. The van der Waals surface area contributed by atoms with Gasteiger partial charge in [0.25, 0.3) is 17.5 Å². The Labute approximate surface area is 120 Å². The summed E-state index contributed by atoms with van der Waals surface area (Å²) in [5.41, 5.74) is 3.17. The smallest absolute Gasteiger partial charge is 0.269 e. The summed E-state index contributed by atoms with van der Waals surface area (Å²) in [5, 5.41) is 11.6. The van der Waals surface area contributed by atoms with Crippen molar-refractivity contribution in [2.24, 2.45) is 11.8 Å². The van der Waals surface area contributed by atoms with E-state index in [1.54, 1.807) is 0 Å². The van der Waals surface area contributed by atoms with Crippen LogP contribution in [0.5, 0.6) is 0 Å². The van der Waals surface area contributed by atoms with Crippen molar-refractivity contribution in [3.8, 4) is 0 Å². The average molecular weight is 287 g/mol. The zero-order chi connectivity index (χ0) is 15.0. The topological polar surface area (TPSA) is 92.6 Å². The van der Waals surface area contributed by atoms with E-state index < -0.39 is 4.92 Å². The van der Waals surface area contributed by atoms with Crippen LogP contribution in [0.4, 0.5) is 11.4 Å². The second kappa shape index (κ2) is 5.01. The van der Waals surface area contributed by atoms with Crippen LogP contribution < -0.4 is 5.43 Å². The highest BCUT2D eigenvalue weighted by molar-refractivity contribution is 6.06. The maximum Gasteiger partial charge on any atom is 0.269 e. The Bertz CT molecular complexity index is 612. The largest absolute Gasteiger partial charge is 0.289 e. The van der Waals surface area contributed by atoms with Gasteiger partial charge in [-0.3, -0.25) is 25.1 Å². The SMILES string of the molecule is O=C1C2CC=CCC2C(=O)N1Nc1ccc([N+](=O)[O-])cc1. The third-order valence-corrected chi connectivity index (χ3v) is 3.83. The monoisotopic (exact) mass is 287 g/mol. The van der Waals surface area contributed by atoms with Crippen molar-refractivity contribution in [3.05, 3.63) is 46.5 Å². The Balaban J connectivity index is 1.77. The molecule has 0 aromatic heterocycles. The van der Waals surface area contributed by atoms with E-state index >= 15 is 0 Å². The van der Waals surface area contributed by atoms with Crippen LogP contribution in [0.3, 0.4) is 0 Å². The number of benzene rings is 1. The van der Waals surface area contributed by atoms with Gasteiger partial charge in [0.1, 0.15) is 0 Å². The Kier molecular flexibility index (Phi) is 3.17. The van der Waals surface area contributed by atoms with Crippen LogP contribution in [0.2, 0.25) is 0 Å². The van der Waals surface area contributed by atoms with E-state index in [9.17, 15) is 19.7 Å². The van der Waals surface area contributed by atoms with Crippen molar-refractivity contribution < 1.29 is 14.5 Å². The van der Waals surface area contributed by atoms with Crippen LogP contribution in [0.1, 0.15) is 12.8 Å². The van der Waals surface area contributed by atoms with Gasteiger partial charge >= 0.3 is 0 Å². The number of anilines is 1. The molecule has 1 aromatic rings. The van der Waals surface area contributed by atoms with Gasteiger partial charge in [0, 0.05) is 12.1 Å². The summed E-state index contributed by atoms with van der Waals surface area (Å²) in [7, 11) is 0. The quantitative estimate of drug-likeness (QED) is 0.396. The van der Waals surface area contributed by atoms with Crippen LogP contribution in [0.25, 0.3) is 0 Å². The van der Waals surface area contributed by atoms with Crippen LogP contribution in [0.15, 0.2) is 36.4 Å². The number of hydrogen-bond donors (Lipinski definition) is 1. The first-order valence-corrected chi connectivity index (χ1v) is 6.62. The lowest BCUT2D eigenvalue weighted by atomic mass is 9.85. The van der Waals surface area contributed by atoms with Crippen LogP contribution in [0, 0.1) is 22.0 Å². The number of nitro groups is 1. The van der Waals surface area contributed by atoms with E-state index in [1.807, 2.05) is 12.2 Å². The molecule has 1 heterocycles. The molecular formula is C14H13N3O4. The van der Waals surface area contributed by atoms with E-state index in [0.29, 0.717) is 18.5 Å². The van der Waals surface area contributed by atoms with Crippen LogP contribution >= 0.6 is 0 Å². The number of non-ortho nitro benzene ring substituents is 1. The van der Waals surface area contributed by atoms with Gasteiger partial charge in [-0.1, -0.05) is 12.2 Å². The van der Waals surface area contributed by atoms with Crippen LogP contribution in [-0.2, 0) is 9.59 Å². The summed E-state index contributed by atoms with van der Waals surface area (Å²) in [5.74, 6) is -1.08. The molecule has 1 saturated heterocycles. The number of fused-ring (bicyclic) bond motifs is 1. The standard InChI is InChI=1S/C14H13N3O4/c18-13-11-3-1-2-4-12(11)14(19)16(13)15-9-5-7-10(8-6-9)17(20)21/h1-2,5-8,11-12,15H,3-4H2. The maximum absolute atomic E-state index is 12.2. The molecule has 7 heteroatoms. The Hall–Kier alpha value is -2.70. The van der Waals surface area contributed by atoms with Crippen molar-refractivity contribution in [1.29, 1.82) is 0 Å². The van der Waals surface area contributed by atoms with Crippen molar-refractivity contribution in [2.75, 3.05) is 5.43 Å². The lowest BCUT2D eigenvalue weighted by Crippen LogP contribution is -2.36. The van der Waals surface area contributed by atoms with E-state index in [0.717, 1.165) is 5.01 Å². The minimum absolute atomic E-state index is 0.0440. The van der Waals surface area contributed by atoms with Gasteiger partial charge in [0.05, 0.1) is 22.4 Å². The molecule has 1 aromatic carbocycles. The van der Waals surface area contributed by atoms with Crippen molar-refractivity contribution in [3.63, 3.8) is 0 Å². The van der Waals surface area contributed by atoms with Crippen molar-refractivity contribution >= 4 is 23.2 Å². The molecule has 2 amide bonds. The zero-order valence-corrected chi connectivity index (χ0v) is 11.1. The van der Waals surface area contributed by atoms with Gasteiger partial charge in [-0.25, -0.2) is 0 Å². The van der Waals surface area contributed by atoms with E-state index in [2.05, 4.69) is 5.43 Å². The fourth-order valence-corrected chi connectivity index (χ4v) is 2.70. The van der Waals surface area contributed by atoms with E-state index in [-0.39, 0.29) is 29.3 Å². The molecular weight excluding hydrogens is 274 g/mol. The van der Waals surface area contributed by atoms with Gasteiger partial charge in [-0.05, 0) is 25.0 Å². The fraction of sp³-hybridized carbons (Fsp3) is 0.286. The molecule has 0 saturated carbocycles. The van der Waals surface area contributed by atoms with Gasteiger partial charge in [-0.15, -0.1) is 0 Å². The predicted octanol–water partition coefficient (Wildman–Crippen LogP) is 1.87. The first-order chi connectivity index (χ1) is 10.1. The number of nitrogens with zero attached hydrogens (tertiary/aromatic N) is 2. The van der Waals surface area contributed by atoms with E-state index in [4.69, 9.17) is 0 Å². The highest BCUT2D eigenvalue weighted by Crippen LogP contribution is 2.35. The maximum atomic E-state index is 12.2. The number of nitro benzene ring substituents is 1. The number of allylic oxidation sites excluding steroid dienone is 2. The zero-order valence-electron chi connectivity index (χ0n) is 11.1. The Morgan fingerprint density at radius 2 is 1.57 bits per heavy atom. The normalized spacial score (nSPS) is 24.1. The van der Waals surface area contributed by atoms with Crippen molar-refractivity contribution in [2.45, 2.75) is 12.8 Å². The molecule has 3 rings (SSSR count). The predicted molar refractivity (Wildman–Crippen MR) is 73.9 cm³/mol. The molecule has 7 nitrogen and oxygen atoms in total. The molecule has 1 aliphatic carbocycles. The van der Waals surface area contributed by atoms with Crippen molar-refractivity contribution in [1.82, 2.24) is 5.01 Å². The van der Waals surface area contributed by atoms with Gasteiger partial charge in [-0.2, -0.15) is 5.01 Å². The number of nitrogens with one attached hydrogen (secondary N) is 1. The van der Waals surface area contributed by atoms with Gasteiger partial charge < -0.3 is 0 Å². The molecule has 0 bridgehead atoms. The highest BCUT2D eigenvalue weighted by Gasteiger charge is 2.47.